The van der Waals surface area contributed by atoms with Crippen LogP contribution < -0.4 is 15.1 Å². The maximum absolute atomic E-state index is 12.6. The average molecular weight is 387 g/mol. The first-order valence-electron chi connectivity index (χ1n) is 9.75. The molecule has 0 spiro atoms. The fourth-order valence-corrected chi connectivity index (χ4v) is 3.81. The highest BCUT2D eigenvalue weighted by molar-refractivity contribution is 6.30. The van der Waals surface area contributed by atoms with Crippen molar-refractivity contribution in [2.45, 2.75) is 26.3 Å². The second-order valence-electron chi connectivity index (χ2n) is 7.33. The van der Waals surface area contributed by atoms with Crippen molar-refractivity contribution in [1.29, 1.82) is 0 Å². The summed E-state index contributed by atoms with van der Waals surface area (Å²) in [6.45, 7) is 8.53. The van der Waals surface area contributed by atoms with Crippen molar-refractivity contribution in [1.82, 2.24) is 5.32 Å². The third kappa shape index (κ3) is 5.47. The van der Waals surface area contributed by atoms with E-state index in [9.17, 15) is 4.79 Å². The molecule has 2 aromatic carbocycles. The molecule has 1 saturated heterocycles. The molecule has 144 valence electrons. The van der Waals surface area contributed by atoms with E-state index in [0.717, 1.165) is 43.3 Å². The first-order chi connectivity index (χ1) is 13.0. The number of quaternary nitrogens is 1. The Kier molecular flexibility index (Phi) is 6.75. The molecule has 1 fully saturated rings. The number of halogens is 1. The molecule has 1 heterocycles. The van der Waals surface area contributed by atoms with E-state index < -0.39 is 0 Å². The van der Waals surface area contributed by atoms with Crippen LogP contribution >= 0.6 is 11.6 Å². The SMILES string of the molecule is CC[C@@H](NC(=O)C[NH+]1CCN(c2cccc(Cl)c2)CC1)c1ccc(C)cc1. The largest absolute Gasteiger partial charge is 0.360 e. The summed E-state index contributed by atoms with van der Waals surface area (Å²) in [5.74, 6) is 0.133. The lowest BCUT2D eigenvalue weighted by Crippen LogP contribution is -3.16. The molecule has 1 aliphatic heterocycles. The molecule has 0 unspecified atom stereocenters. The van der Waals surface area contributed by atoms with Gasteiger partial charge in [-0.25, -0.2) is 0 Å². The quantitative estimate of drug-likeness (QED) is 0.800. The highest BCUT2D eigenvalue weighted by atomic mass is 35.5. The molecule has 2 aromatic rings. The number of piperazine rings is 1. The smallest absolute Gasteiger partial charge is 0.275 e. The predicted molar refractivity (Wildman–Crippen MR) is 112 cm³/mol. The van der Waals surface area contributed by atoms with E-state index in [-0.39, 0.29) is 11.9 Å². The minimum absolute atomic E-state index is 0.0882. The van der Waals surface area contributed by atoms with Crippen LogP contribution in [0.25, 0.3) is 0 Å². The molecule has 1 amide bonds. The van der Waals surface area contributed by atoms with E-state index in [1.165, 1.54) is 16.0 Å². The zero-order valence-electron chi connectivity index (χ0n) is 16.2. The molecule has 2 N–H and O–H groups in total. The standard InChI is InChI=1S/C22H28ClN3O/c1-3-21(18-9-7-17(2)8-10-18)24-22(27)16-25-11-13-26(14-12-25)20-6-4-5-19(23)15-20/h4-10,15,21H,3,11-14,16H2,1-2H3,(H,24,27)/p+1/t21-/m1/s1. The molecule has 27 heavy (non-hydrogen) atoms. The van der Waals surface area contributed by atoms with Gasteiger partial charge < -0.3 is 15.1 Å². The van der Waals surface area contributed by atoms with Crippen LogP contribution in [0.4, 0.5) is 5.69 Å². The summed E-state index contributed by atoms with van der Waals surface area (Å²) < 4.78 is 0. The van der Waals surface area contributed by atoms with Gasteiger partial charge in [-0.2, -0.15) is 0 Å². The van der Waals surface area contributed by atoms with Crippen molar-refractivity contribution in [3.05, 3.63) is 64.7 Å². The van der Waals surface area contributed by atoms with Gasteiger partial charge >= 0.3 is 0 Å². The Morgan fingerprint density at radius 1 is 1.19 bits per heavy atom. The number of hydrogen-bond donors (Lipinski definition) is 2. The van der Waals surface area contributed by atoms with Gasteiger partial charge in [0, 0.05) is 10.7 Å². The molecule has 4 nitrogen and oxygen atoms in total. The van der Waals surface area contributed by atoms with Crippen LogP contribution in [0.3, 0.4) is 0 Å². The number of amides is 1. The summed E-state index contributed by atoms with van der Waals surface area (Å²) in [4.78, 5) is 16.2. The molecular weight excluding hydrogens is 358 g/mol. The molecule has 0 aromatic heterocycles. The second-order valence-corrected chi connectivity index (χ2v) is 7.77. The van der Waals surface area contributed by atoms with Crippen LogP contribution in [0.5, 0.6) is 0 Å². The van der Waals surface area contributed by atoms with E-state index in [2.05, 4.69) is 54.4 Å². The van der Waals surface area contributed by atoms with Gasteiger partial charge in [-0.3, -0.25) is 4.79 Å². The first-order valence-corrected chi connectivity index (χ1v) is 10.1. The van der Waals surface area contributed by atoms with Crippen molar-refractivity contribution in [2.75, 3.05) is 37.6 Å². The average Bonchev–Trinajstić information content (AvgIpc) is 2.67. The van der Waals surface area contributed by atoms with E-state index in [0.29, 0.717) is 6.54 Å². The van der Waals surface area contributed by atoms with E-state index in [1.54, 1.807) is 0 Å². The van der Waals surface area contributed by atoms with Crippen molar-refractivity contribution < 1.29 is 9.69 Å². The van der Waals surface area contributed by atoms with Crippen LogP contribution in [0.2, 0.25) is 5.02 Å². The van der Waals surface area contributed by atoms with E-state index >= 15 is 0 Å². The Hall–Kier alpha value is -2.04. The number of nitrogens with one attached hydrogen (secondary N) is 2. The lowest BCUT2D eigenvalue weighted by molar-refractivity contribution is -0.892. The summed E-state index contributed by atoms with van der Waals surface area (Å²) in [6.07, 6.45) is 0.896. The van der Waals surface area contributed by atoms with Crippen LogP contribution in [0.15, 0.2) is 48.5 Å². The van der Waals surface area contributed by atoms with Gasteiger partial charge in [-0.05, 0) is 37.1 Å². The van der Waals surface area contributed by atoms with Gasteiger partial charge in [0.2, 0.25) is 0 Å². The maximum atomic E-state index is 12.6. The Morgan fingerprint density at radius 3 is 2.52 bits per heavy atom. The van der Waals surface area contributed by atoms with E-state index in [4.69, 9.17) is 11.6 Å². The number of carbonyl (C=O) groups excluding carboxylic acids is 1. The van der Waals surface area contributed by atoms with Crippen LogP contribution in [0, 0.1) is 6.92 Å². The molecular formula is C22H29ClN3O+. The zero-order valence-corrected chi connectivity index (χ0v) is 16.9. The summed E-state index contributed by atoms with van der Waals surface area (Å²) in [7, 11) is 0. The molecule has 0 bridgehead atoms. The van der Waals surface area contributed by atoms with Crippen molar-refractivity contribution in [2.24, 2.45) is 0 Å². The molecule has 5 heteroatoms. The molecule has 1 atom stereocenters. The van der Waals surface area contributed by atoms with Crippen LogP contribution in [-0.2, 0) is 4.79 Å². The van der Waals surface area contributed by atoms with Gasteiger partial charge in [0.25, 0.3) is 5.91 Å². The van der Waals surface area contributed by atoms with Crippen LogP contribution in [0.1, 0.15) is 30.5 Å². The van der Waals surface area contributed by atoms with Crippen molar-refractivity contribution in [3.63, 3.8) is 0 Å². The van der Waals surface area contributed by atoms with Gasteiger partial charge in [-0.15, -0.1) is 0 Å². The fraction of sp³-hybridized carbons (Fsp3) is 0.409. The second kappa shape index (κ2) is 9.25. The Bertz CT molecular complexity index is 754. The Morgan fingerprint density at radius 2 is 1.89 bits per heavy atom. The third-order valence-electron chi connectivity index (χ3n) is 5.28. The summed E-state index contributed by atoms with van der Waals surface area (Å²) in [6, 6.07) is 16.5. The number of carbonyl (C=O) groups is 1. The minimum atomic E-state index is 0.0882. The highest BCUT2D eigenvalue weighted by Crippen LogP contribution is 2.19. The van der Waals surface area contributed by atoms with Crippen molar-refractivity contribution >= 4 is 23.2 Å². The number of hydrogen-bond acceptors (Lipinski definition) is 2. The summed E-state index contributed by atoms with van der Waals surface area (Å²) in [5, 5.41) is 3.98. The highest BCUT2D eigenvalue weighted by Gasteiger charge is 2.23. The lowest BCUT2D eigenvalue weighted by Gasteiger charge is -2.33. The third-order valence-corrected chi connectivity index (χ3v) is 5.51. The first kappa shape index (κ1) is 19.7. The van der Waals surface area contributed by atoms with Gasteiger partial charge in [-0.1, -0.05) is 54.4 Å². The zero-order chi connectivity index (χ0) is 19.2. The predicted octanol–water partition coefficient (Wildman–Crippen LogP) is 2.62. The number of anilines is 1. The van der Waals surface area contributed by atoms with Gasteiger partial charge in [0.1, 0.15) is 0 Å². The minimum Gasteiger partial charge on any atom is -0.360 e. The van der Waals surface area contributed by atoms with Gasteiger partial charge in [0.15, 0.2) is 6.54 Å². The van der Waals surface area contributed by atoms with E-state index in [1.807, 2.05) is 18.2 Å². The monoisotopic (exact) mass is 386 g/mol. The number of benzene rings is 2. The van der Waals surface area contributed by atoms with Crippen molar-refractivity contribution in [3.8, 4) is 0 Å². The van der Waals surface area contributed by atoms with Gasteiger partial charge in [0.05, 0.1) is 32.2 Å². The fourth-order valence-electron chi connectivity index (χ4n) is 3.62. The lowest BCUT2D eigenvalue weighted by atomic mass is 10.0. The molecule has 0 radical (unpaired) electrons. The Labute approximate surface area is 167 Å². The summed E-state index contributed by atoms with van der Waals surface area (Å²) in [5.41, 5.74) is 3.58. The molecule has 0 saturated carbocycles. The van der Waals surface area contributed by atoms with Crippen LogP contribution in [-0.4, -0.2) is 38.6 Å². The molecule has 3 rings (SSSR count). The maximum Gasteiger partial charge on any atom is 0.275 e. The normalized spacial score (nSPS) is 16.2. The number of aryl methyl sites for hydroxylation is 1. The molecule has 1 aliphatic rings. The topological polar surface area (TPSA) is 36.8 Å². The summed E-state index contributed by atoms with van der Waals surface area (Å²) >= 11 is 6.10. The Balaban J connectivity index is 1.49. The number of rotatable bonds is 6. The number of nitrogens with zero attached hydrogens (tertiary/aromatic N) is 1. The molecule has 0 aliphatic carbocycles.